The third kappa shape index (κ3) is 1.26. The van der Waals surface area contributed by atoms with Crippen molar-refractivity contribution >= 4 is 0 Å². The second-order valence-electron chi connectivity index (χ2n) is 3.94. The van der Waals surface area contributed by atoms with E-state index in [9.17, 15) is 0 Å². The van der Waals surface area contributed by atoms with Gasteiger partial charge in [-0.1, -0.05) is 25.4 Å². The molecule has 0 spiro atoms. The molecule has 0 amide bonds. The minimum atomic E-state index is 0.464. The number of nitrogens with zero attached hydrogens (tertiary/aromatic N) is 1. The van der Waals surface area contributed by atoms with Gasteiger partial charge >= 0.3 is 0 Å². The summed E-state index contributed by atoms with van der Waals surface area (Å²) in [4.78, 5) is 0. The Balaban J connectivity index is 2.12. The highest BCUT2D eigenvalue weighted by Crippen LogP contribution is 2.36. The zero-order valence-electron chi connectivity index (χ0n) is 7.71. The Labute approximate surface area is 72.9 Å². The van der Waals surface area contributed by atoms with Gasteiger partial charge in [-0.2, -0.15) is 0 Å². The molecule has 1 aliphatic carbocycles. The first-order valence-corrected chi connectivity index (χ1v) is 4.74. The summed E-state index contributed by atoms with van der Waals surface area (Å²) in [6.45, 7) is 4.26. The SMILES string of the molecule is CC(C)c1cc(C2CCC2)no1. The van der Waals surface area contributed by atoms with Gasteiger partial charge in [-0.25, -0.2) is 0 Å². The summed E-state index contributed by atoms with van der Waals surface area (Å²) in [5, 5.41) is 4.08. The summed E-state index contributed by atoms with van der Waals surface area (Å²) in [6.07, 6.45) is 3.95. The molecule has 0 saturated heterocycles. The number of rotatable bonds is 2. The monoisotopic (exact) mass is 165 g/mol. The Morgan fingerprint density at radius 2 is 2.25 bits per heavy atom. The van der Waals surface area contributed by atoms with Crippen LogP contribution in [0.4, 0.5) is 0 Å². The summed E-state index contributed by atoms with van der Waals surface area (Å²) in [5.74, 6) is 2.18. The van der Waals surface area contributed by atoms with Gasteiger partial charge in [-0.05, 0) is 12.8 Å². The van der Waals surface area contributed by atoms with Crippen LogP contribution < -0.4 is 0 Å². The summed E-state index contributed by atoms with van der Waals surface area (Å²) < 4.78 is 5.23. The fourth-order valence-corrected chi connectivity index (χ4v) is 1.47. The van der Waals surface area contributed by atoms with Crippen LogP contribution >= 0.6 is 0 Å². The van der Waals surface area contributed by atoms with Crippen molar-refractivity contribution in [2.45, 2.75) is 44.9 Å². The Morgan fingerprint density at radius 3 is 2.67 bits per heavy atom. The molecule has 0 bridgehead atoms. The Bertz CT molecular complexity index is 261. The zero-order valence-corrected chi connectivity index (χ0v) is 7.71. The van der Waals surface area contributed by atoms with Crippen LogP contribution in [0.15, 0.2) is 10.6 Å². The van der Waals surface area contributed by atoms with Crippen LogP contribution in [0, 0.1) is 0 Å². The van der Waals surface area contributed by atoms with E-state index in [-0.39, 0.29) is 0 Å². The molecule has 1 saturated carbocycles. The van der Waals surface area contributed by atoms with Gasteiger partial charge < -0.3 is 4.52 Å². The van der Waals surface area contributed by atoms with Crippen LogP contribution in [-0.4, -0.2) is 5.16 Å². The van der Waals surface area contributed by atoms with Crippen LogP contribution in [-0.2, 0) is 0 Å². The van der Waals surface area contributed by atoms with E-state index < -0.39 is 0 Å². The first-order valence-electron chi connectivity index (χ1n) is 4.74. The van der Waals surface area contributed by atoms with E-state index in [1.54, 1.807) is 0 Å². The van der Waals surface area contributed by atoms with Crippen LogP contribution in [0.2, 0.25) is 0 Å². The third-order valence-electron chi connectivity index (χ3n) is 2.64. The topological polar surface area (TPSA) is 26.0 Å². The van der Waals surface area contributed by atoms with Crippen molar-refractivity contribution in [3.05, 3.63) is 17.5 Å². The average molecular weight is 165 g/mol. The second kappa shape index (κ2) is 2.92. The highest BCUT2D eigenvalue weighted by molar-refractivity contribution is 5.14. The van der Waals surface area contributed by atoms with Gasteiger partial charge in [0.1, 0.15) is 5.76 Å². The second-order valence-corrected chi connectivity index (χ2v) is 3.94. The summed E-state index contributed by atoms with van der Waals surface area (Å²) in [7, 11) is 0. The maximum Gasteiger partial charge on any atom is 0.139 e. The smallest absolute Gasteiger partial charge is 0.139 e. The van der Waals surface area contributed by atoms with Gasteiger partial charge in [0.15, 0.2) is 0 Å². The van der Waals surface area contributed by atoms with Crippen molar-refractivity contribution in [2.75, 3.05) is 0 Å². The van der Waals surface area contributed by atoms with E-state index in [4.69, 9.17) is 4.52 Å². The molecule has 1 heterocycles. The lowest BCUT2D eigenvalue weighted by Gasteiger charge is -2.22. The molecule has 1 fully saturated rings. The number of aromatic nitrogens is 1. The molecule has 2 nitrogen and oxygen atoms in total. The molecule has 0 aromatic carbocycles. The van der Waals surface area contributed by atoms with Crippen LogP contribution in [0.5, 0.6) is 0 Å². The van der Waals surface area contributed by atoms with Crippen molar-refractivity contribution < 1.29 is 4.52 Å². The van der Waals surface area contributed by atoms with E-state index >= 15 is 0 Å². The maximum atomic E-state index is 5.23. The zero-order chi connectivity index (χ0) is 8.55. The van der Waals surface area contributed by atoms with E-state index in [1.807, 2.05) is 0 Å². The molecule has 0 aliphatic heterocycles. The summed E-state index contributed by atoms with van der Waals surface area (Å²) >= 11 is 0. The first kappa shape index (κ1) is 7.84. The van der Waals surface area contributed by atoms with E-state index in [1.165, 1.54) is 25.0 Å². The molecule has 66 valence electrons. The molecule has 0 atom stereocenters. The lowest BCUT2D eigenvalue weighted by atomic mass is 9.83. The number of hydrogen-bond donors (Lipinski definition) is 0. The largest absolute Gasteiger partial charge is 0.361 e. The van der Waals surface area contributed by atoms with Gasteiger partial charge in [-0.15, -0.1) is 0 Å². The summed E-state index contributed by atoms with van der Waals surface area (Å²) in [5.41, 5.74) is 1.17. The van der Waals surface area contributed by atoms with Crippen molar-refractivity contribution in [3.63, 3.8) is 0 Å². The van der Waals surface area contributed by atoms with Gasteiger partial charge in [0.05, 0.1) is 5.69 Å². The molecule has 2 heteroatoms. The van der Waals surface area contributed by atoms with Crippen LogP contribution in [0.25, 0.3) is 0 Å². The minimum Gasteiger partial charge on any atom is -0.361 e. The molecule has 0 radical (unpaired) electrons. The molecular weight excluding hydrogens is 150 g/mol. The predicted molar refractivity (Wildman–Crippen MR) is 47.2 cm³/mol. The summed E-state index contributed by atoms with van der Waals surface area (Å²) in [6, 6.07) is 2.12. The van der Waals surface area contributed by atoms with Crippen molar-refractivity contribution in [3.8, 4) is 0 Å². The number of hydrogen-bond acceptors (Lipinski definition) is 2. The third-order valence-corrected chi connectivity index (χ3v) is 2.64. The molecular formula is C10H15NO. The Kier molecular flexibility index (Phi) is 1.91. The molecule has 0 unspecified atom stereocenters. The fourth-order valence-electron chi connectivity index (χ4n) is 1.47. The van der Waals surface area contributed by atoms with Crippen LogP contribution in [0.3, 0.4) is 0 Å². The van der Waals surface area contributed by atoms with E-state index in [0.717, 1.165) is 5.76 Å². The lowest BCUT2D eigenvalue weighted by Crippen LogP contribution is -2.08. The molecule has 0 N–H and O–H groups in total. The fraction of sp³-hybridized carbons (Fsp3) is 0.700. The van der Waals surface area contributed by atoms with Crippen LogP contribution in [0.1, 0.15) is 56.4 Å². The van der Waals surface area contributed by atoms with E-state index in [0.29, 0.717) is 11.8 Å². The normalized spacial score (nSPS) is 18.2. The molecule has 1 aliphatic rings. The van der Waals surface area contributed by atoms with Gasteiger partial charge in [0, 0.05) is 17.9 Å². The Morgan fingerprint density at radius 1 is 1.50 bits per heavy atom. The van der Waals surface area contributed by atoms with E-state index in [2.05, 4.69) is 25.1 Å². The first-order chi connectivity index (χ1) is 5.77. The maximum absolute atomic E-state index is 5.23. The van der Waals surface area contributed by atoms with Crippen molar-refractivity contribution in [2.24, 2.45) is 0 Å². The molecule has 12 heavy (non-hydrogen) atoms. The molecule has 1 aromatic rings. The highest BCUT2D eigenvalue weighted by atomic mass is 16.5. The van der Waals surface area contributed by atoms with Crippen molar-refractivity contribution in [1.29, 1.82) is 0 Å². The molecule has 1 aromatic heterocycles. The predicted octanol–water partition coefficient (Wildman–Crippen LogP) is 3.07. The lowest BCUT2D eigenvalue weighted by molar-refractivity contribution is 0.340. The average Bonchev–Trinajstić information content (AvgIpc) is 2.32. The van der Waals surface area contributed by atoms with Gasteiger partial charge in [-0.3, -0.25) is 0 Å². The quantitative estimate of drug-likeness (QED) is 0.673. The highest BCUT2D eigenvalue weighted by Gasteiger charge is 2.23. The Hall–Kier alpha value is -0.790. The molecule has 2 rings (SSSR count). The van der Waals surface area contributed by atoms with Gasteiger partial charge in [0.25, 0.3) is 0 Å². The minimum absolute atomic E-state index is 0.464. The van der Waals surface area contributed by atoms with Crippen molar-refractivity contribution in [1.82, 2.24) is 5.16 Å². The van der Waals surface area contributed by atoms with Gasteiger partial charge in [0.2, 0.25) is 0 Å². The standard InChI is InChI=1S/C10H15NO/c1-7(2)10-6-9(11-12-10)8-4-3-5-8/h6-8H,3-5H2,1-2H3.